The molecule has 0 aromatic heterocycles. The minimum atomic E-state index is -4.71. The van der Waals surface area contributed by atoms with Crippen molar-refractivity contribution in [2.24, 2.45) is 0 Å². The Labute approximate surface area is 171 Å². The number of amides is 2. The van der Waals surface area contributed by atoms with Crippen molar-refractivity contribution < 1.29 is 27.5 Å². The van der Waals surface area contributed by atoms with Crippen LogP contribution in [0.25, 0.3) is 5.57 Å². The highest BCUT2D eigenvalue weighted by molar-refractivity contribution is 6.09. The quantitative estimate of drug-likeness (QED) is 0.692. The normalized spacial score (nSPS) is 16.9. The number of ether oxygens (including phenoxy) is 1. The van der Waals surface area contributed by atoms with Crippen LogP contribution < -0.4 is 10.6 Å². The number of hydrogen-bond donors (Lipinski definition) is 2. The number of carbonyl (C=O) groups excluding carboxylic acids is 2. The highest BCUT2D eigenvalue weighted by Gasteiger charge is 2.35. The van der Waals surface area contributed by atoms with Crippen LogP contribution >= 0.6 is 0 Å². The number of benzene rings is 2. The molecule has 1 aliphatic rings. The lowest BCUT2D eigenvalue weighted by Crippen LogP contribution is -2.32. The highest BCUT2D eigenvalue weighted by Crippen LogP contribution is 2.33. The van der Waals surface area contributed by atoms with Gasteiger partial charge in [-0.1, -0.05) is 42.5 Å². The Kier molecular flexibility index (Phi) is 6.89. The van der Waals surface area contributed by atoms with E-state index in [0.717, 1.165) is 12.8 Å². The van der Waals surface area contributed by atoms with Gasteiger partial charge in [-0.3, -0.25) is 9.59 Å². The Bertz CT molecular complexity index is 921. The molecule has 2 aromatic carbocycles. The zero-order chi connectivity index (χ0) is 21.6. The van der Waals surface area contributed by atoms with Gasteiger partial charge in [0.1, 0.15) is 0 Å². The van der Waals surface area contributed by atoms with E-state index in [-0.39, 0.29) is 22.9 Å². The van der Waals surface area contributed by atoms with Crippen LogP contribution in [-0.2, 0) is 9.53 Å². The molecule has 0 radical (unpaired) electrons. The van der Waals surface area contributed by atoms with Gasteiger partial charge in [0.25, 0.3) is 5.91 Å². The van der Waals surface area contributed by atoms with Crippen molar-refractivity contribution in [3.63, 3.8) is 0 Å². The Morgan fingerprint density at radius 2 is 1.77 bits per heavy atom. The van der Waals surface area contributed by atoms with Crippen LogP contribution in [0.2, 0.25) is 0 Å². The SMILES string of the molecule is O=C(/C=C(\c1ccccc1)C(F)(F)F)Nc1ccccc1C(=O)NCC1CCCO1. The molecule has 8 heteroatoms. The summed E-state index contributed by atoms with van der Waals surface area (Å²) in [6.45, 7) is 0.982. The van der Waals surface area contributed by atoms with Gasteiger partial charge in [0.2, 0.25) is 5.91 Å². The van der Waals surface area contributed by atoms with Gasteiger partial charge in [-0.25, -0.2) is 0 Å². The van der Waals surface area contributed by atoms with Crippen molar-refractivity contribution in [1.29, 1.82) is 0 Å². The maximum absolute atomic E-state index is 13.4. The Hall–Kier alpha value is -3.13. The summed E-state index contributed by atoms with van der Waals surface area (Å²) in [5.41, 5.74) is -0.910. The second-order valence-corrected chi connectivity index (χ2v) is 6.80. The van der Waals surface area contributed by atoms with Gasteiger partial charge in [-0.05, 0) is 30.5 Å². The number of nitrogens with one attached hydrogen (secondary N) is 2. The highest BCUT2D eigenvalue weighted by atomic mass is 19.4. The fourth-order valence-electron chi connectivity index (χ4n) is 3.14. The van der Waals surface area contributed by atoms with E-state index in [1.807, 2.05) is 0 Å². The van der Waals surface area contributed by atoms with Crippen LogP contribution in [0.15, 0.2) is 60.7 Å². The topological polar surface area (TPSA) is 67.4 Å². The summed E-state index contributed by atoms with van der Waals surface area (Å²) in [7, 11) is 0. The van der Waals surface area contributed by atoms with Gasteiger partial charge in [0.05, 0.1) is 22.9 Å². The molecule has 1 saturated heterocycles. The van der Waals surface area contributed by atoms with Gasteiger partial charge in [-0.15, -0.1) is 0 Å². The fourth-order valence-corrected chi connectivity index (χ4v) is 3.14. The Morgan fingerprint density at radius 3 is 2.43 bits per heavy atom. The van der Waals surface area contributed by atoms with Gasteiger partial charge < -0.3 is 15.4 Å². The van der Waals surface area contributed by atoms with E-state index >= 15 is 0 Å². The van der Waals surface area contributed by atoms with Crippen LogP contribution in [0.1, 0.15) is 28.8 Å². The molecule has 1 atom stereocenters. The summed E-state index contributed by atoms with van der Waals surface area (Å²) in [5.74, 6) is -1.42. The average Bonchev–Trinajstić information content (AvgIpc) is 3.24. The minimum Gasteiger partial charge on any atom is -0.376 e. The molecule has 0 saturated carbocycles. The van der Waals surface area contributed by atoms with Crippen LogP contribution in [0.5, 0.6) is 0 Å². The lowest BCUT2D eigenvalue weighted by Gasteiger charge is -2.14. The molecule has 1 unspecified atom stereocenters. The van der Waals surface area contributed by atoms with E-state index in [1.165, 1.54) is 36.4 Å². The number of carbonyl (C=O) groups is 2. The third kappa shape index (κ3) is 5.70. The maximum Gasteiger partial charge on any atom is 0.417 e. The number of allylic oxidation sites excluding steroid dienone is 1. The van der Waals surface area contributed by atoms with Crippen molar-refractivity contribution in [2.45, 2.75) is 25.1 Å². The molecule has 2 aromatic rings. The molecule has 2 N–H and O–H groups in total. The Morgan fingerprint density at radius 1 is 1.07 bits per heavy atom. The average molecular weight is 418 g/mol. The smallest absolute Gasteiger partial charge is 0.376 e. The molecule has 2 amide bonds. The predicted molar refractivity (Wildman–Crippen MR) is 107 cm³/mol. The largest absolute Gasteiger partial charge is 0.417 e. The molecule has 3 rings (SSSR count). The van der Waals surface area contributed by atoms with Crippen molar-refractivity contribution in [3.05, 3.63) is 71.8 Å². The predicted octanol–water partition coefficient (Wildman–Crippen LogP) is 4.18. The first-order valence-electron chi connectivity index (χ1n) is 9.49. The number of para-hydroxylation sites is 1. The molecule has 0 bridgehead atoms. The van der Waals surface area contributed by atoms with E-state index in [9.17, 15) is 22.8 Å². The van der Waals surface area contributed by atoms with Gasteiger partial charge >= 0.3 is 6.18 Å². The monoisotopic (exact) mass is 418 g/mol. The number of rotatable bonds is 6. The molecular formula is C22H21F3N2O3. The van der Waals surface area contributed by atoms with Crippen molar-refractivity contribution in [2.75, 3.05) is 18.5 Å². The van der Waals surface area contributed by atoms with E-state index in [4.69, 9.17) is 4.74 Å². The van der Waals surface area contributed by atoms with E-state index in [0.29, 0.717) is 19.2 Å². The van der Waals surface area contributed by atoms with E-state index < -0.39 is 23.6 Å². The molecule has 0 aliphatic carbocycles. The first kappa shape index (κ1) is 21.6. The van der Waals surface area contributed by atoms with Crippen LogP contribution in [0.3, 0.4) is 0 Å². The lowest BCUT2D eigenvalue weighted by molar-refractivity contribution is -0.112. The zero-order valence-electron chi connectivity index (χ0n) is 16.0. The van der Waals surface area contributed by atoms with Crippen LogP contribution in [0.4, 0.5) is 18.9 Å². The summed E-state index contributed by atoms with van der Waals surface area (Å²) >= 11 is 0. The molecule has 1 aliphatic heterocycles. The molecule has 1 fully saturated rings. The van der Waals surface area contributed by atoms with Crippen LogP contribution in [0, 0.1) is 0 Å². The van der Waals surface area contributed by atoms with Gasteiger partial charge in [-0.2, -0.15) is 13.2 Å². The molecule has 0 spiro atoms. The molecule has 158 valence electrons. The number of anilines is 1. The third-order valence-corrected chi connectivity index (χ3v) is 4.61. The van der Waals surface area contributed by atoms with Gasteiger partial charge in [0.15, 0.2) is 0 Å². The van der Waals surface area contributed by atoms with Crippen LogP contribution in [-0.4, -0.2) is 37.2 Å². The number of hydrogen-bond acceptors (Lipinski definition) is 3. The second-order valence-electron chi connectivity index (χ2n) is 6.80. The second kappa shape index (κ2) is 9.58. The summed E-state index contributed by atoms with van der Waals surface area (Å²) < 4.78 is 45.8. The molecule has 5 nitrogen and oxygen atoms in total. The fraction of sp³-hybridized carbons (Fsp3) is 0.273. The summed E-state index contributed by atoms with van der Waals surface area (Å²) in [6, 6.07) is 13.2. The number of halogens is 3. The third-order valence-electron chi connectivity index (χ3n) is 4.61. The summed E-state index contributed by atoms with van der Waals surface area (Å²) in [4.78, 5) is 24.8. The van der Waals surface area contributed by atoms with Gasteiger partial charge in [0, 0.05) is 19.2 Å². The van der Waals surface area contributed by atoms with Crippen molar-refractivity contribution >= 4 is 23.1 Å². The maximum atomic E-state index is 13.4. The molecule has 1 heterocycles. The minimum absolute atomic E-state index is 0.0566. The first-order chi connectivity index (χ1) is 14.3. The van der Waals surface area contributed by atoms with Crippen molar-refractivity contribution in [3.8, 4) is 0 Å². The Balaban J connectivity index is 1.76. The van der Waals surface area contributed by atoms with Crippen molar-refractivity contribution in [1.82, 2.24) is 5.32 Å². The molecule has 30 heavy (non-hydrogen) atoms. The molecular weight excluding hydrogens is 397 g/mol. The summed E-state index contributed by atoms with van der Waals surface area (Å²) in [5, 5.41) is 5.12. The summed E-state index contributed by atoms with van der Waals surface area (Å²) in [6.07, 6.45) is -2.49. The van der Waals surface area contributed by atoms with E-state index in [2.05, 4.69) is 10.6 Å². The zero-order valence-corrected chi connectivity index (χ0v) is 16.0. The van der Waals surface area contributed by atoms with E-state index in [1.54, 1.807) is 18.2 Å². The first-order valence-corrected chi connectivity index (χ1v) is 9.49. The number of alkyl halides is 3. The lowest BCUT2D eigenvalue weighted by atomic mass is 10.0. The standard InChI is InChI=1S/C22H21F3N2O3/c23-22(24,25)18(15-7-2-1-3-8-15)13-20(28)27-19-11-5-4-10-17(19)21(29)26-14-16-9-6-12-30-16/h1-5,7-8,10-11,13,16H,6,9,12,14H2,(H,26,29)(H,27,28)/b18-13+.